The van der Waals surface area contributed by atoms with Crippen LogP contribution in [0.15, 0.2) is 6.07 Å². The standard InChI is InChI=1S/C21H31N3O3S.ClH/c1-14(2)13-23-9-10-24(15(3)19(23)25)20(26)18-12-16-17(28-18)4-11-27-21(16)5-7-22-8-6-21;/h12,14-15,22H,4-11,13H2,1-3H3;1H. The zero-order valence-electron chi connectivity index (χ0n) is 17.5. The fourth-order valence-electron chi connectivity index (χ4n) is 4.74. The number of rotatable bonds is 3. The van der Waals surface area contributed by atoms with Crippen molar-refractivity contribution in [3.05, 3.63) is 21.4 Å². The lowest BCUT2D eigenvalue weighted by atomic mass is 9.83. The second-order valence-electron chi connectivity index (χ2n) is 8.64. The molecule has 0 bridgehead atoms. The van der Waals surface area contributed by atoms with E-state index in [0.717, 1.165) is 50.4 Å². The third kappa shape index (κ3) is 4.20. The van der Waals surface area contributed by atoms with Crippen molar-refractivity contribution in [1.82, 2.24) is 15.1 Å². The van der Waals surface area contributed by atoms with E-state index in [1.165, 1.54) is 10.4 Å². The number of nitrogens with one attached hydrogen (secondary N) is 1. The summed E-state index contributed by atoms with van der Waals surface area (Å²) in [5, 5.41) is 3.40. The first-order valence-electron chi connectivity index (χ1n) is 10.5. The first-order chi connectivity index (χ1) is 13.4. The van der Waals surface area contributed by atoms with E-state index >= 15 is 0 Å². The number of hydrogen-bond donors (Lipinski definition) is 1. The minimum Gasteiger partial charge on any atom is -0.370 e. The number of carbonyl (C=O) groups excluding carboxylic acids is 2. The minimum absolute atomic E-state index is 0. The van der Waals surface area contributed by atoms with E-state index in [2.05, 4.69) is 25.2 Å². The highest BCUT2D eigenvalue weighted by Crippen LogP contribution is 2.43. The first-order valence-corrected chi connectivity index (χ1v) is 11.3. The smallest absolute Gasteiger partial charge is 0.264 e. The van der Waals surface area contributed by atoms with E-state index in [-0.39, 0.29) is 29.8 Å². The fourth-order valence-corrected chi connectivity index (χ4v) is 5.92. The Labute approximate surface area is 183 Å². The predicted molar refractivity (Wildman–Crippen MR) is 117 cm³/mol. The molecule has 2 fully saturated rings. The Morgan fingerprint density at radius 1 is 1.34 bits per heavy atom. The predicted octanol–water partition coefficient (Wildman–Crippen LogP) is 2.65. The van der Waals surface area contributed by atoms with Crippen molar-refractivity contribution in [2.75, 3.05) is 39.3 Å². The summed E-state index contributed by atoms with van der Waals surface area (Å²) >= 11 is 1.60. The average Bonchev–Trinajstić information content (AvgIpc) is 3.12. The molecule has 6 nitrogen and oxygen atoms in total. The van der Waals surface area contributed by atoms with Gasteiger partial charge in [0.05, 0.1) is 17.1 Å². The van der Waals surface area contributed by atoms with Crippen LogP contribution in [0.2, 0.25) is 0 Å². The molecule has 1 aromatic rings. The molecule has 4 heterocycles. The molecule has 2 amide bonds. The van der Waals surface area contributed by atoms with Gasteiger partial charge in [-0.25, -0.2) is 0 Å². The Morgan fingerprint density at radius 2 is 2.07 bits per heavy atom. The summed E-state index contributed by atoms with van der Waals surface area (Å²) < 4.78 is 6.24. The van der Waals surface area contributed by atoms with Gasteiger partial charge >= 0.3 is 0 Å². The summed E-state index contributed by atoms with van der Waals surface area (Å²) in [6, 6.07) is 1.66. The molecule has 0 aliphatic carbocycles. The van der Waals surface area contributed by atoms with E-state index in [1.807, 2.05) is 11.8 Å². The zero-order valence-corrected chi connectivity index (χ0v) is 19.2. The van der Waals surface area contributed by atoms with Gasteiger partial charge < -0.3 is 19.9 Å². The van der Waals surface area contributed by atoms with Gasteiger partial charge in [-0.2, -0.15) is 0 Å². The van der Waals surface area contributed by atoms with Crippen LogP contribution in [0, 0.1) is 5.92 Å². The number of piperazine rings is 1. The molecule has 1 unspecified atom stereocenters. The van der Waals surface area contributed by atoms with Crippen LogP contribution >= 0.6 is 23.7 Å². The normalized spacial score (nSPS) is 23.9. The maximum atomic E-state index is 13.3. The lowest BCUT2D eigenvalue weighted by Crippen LogP contribution is -2.58. The van der Waals surface area contributed by atoms with Crippen molar-refractivity contribution in [3.8, 4) is 0 Å². The van der Waals surface area contributed by atoms with Crippen molar-refractivity contribution in [3.63, 3.8) is 0 Å². The maximum absolute atomic E-state index is 13.3. The molecule has 0 radical (unpaired) electrons. The molecule has 8 heteroatoms. The average molecular weight is 442 g/mol. The Balaban J connectivity index is 0.00000240. The summed E-state index contributed by atoms with van der Waals surface area (Å²) in [5.41, 5.74) is 0.983. The molecular formula is C21H32ClN3O3S. The topological polar surface area (TPSA) is 61.9 Å². The van der Waals surface area contributed by atoms with Gasteiger partial charge in [-0.1, -0.05) is 13.8 Å². The molecule has 0 aromatic carbocycles. The first kappa shape index (κ1) is 22.5. The zero-order chi connectivity index (χ0) is 19.9. The Kier molecular flexibility index (Phi) is 6.93. The molecule has 1 aromatic heterocycles. The lowest BCUT2D eigenvalue weighted by Gasteiger charge is -2.40. The molecule has 1 spiro atoms. The summed E-state index contributed by atoms with van der Waals surface area (Å²) in [4.78, 5) is 31.7. The van der Waals surface area contributed by atoms with E-state index in [4.69, 9.17) is 4.74 Å². The molecule has 4 rings (SSSR count). The van der Waals surface area contributed by atoms with Crippen LogP contribution in [0.1, 0.15) is 53.7 Å². The summed E-state index contributed by atoms with van der Waals surface area (Å²) in [6.45, 7) is 10.7. The molecule has 1 N–H and O–H groups in total. The minimum atomic E-state index is -0.400. The van der Waals surface area contributed by atoms with Crippen molar-refractivity contribution in [2.45, 2.75) is 51.7 Å². The van der Waals surface area contributed by atoms with E-state index in [1.54, 1.807) is 16.2 Å². The number of amides is 2. The number of nitrogens with zero attached hydrogens (tertiary/aromatic N) is 2. The van der Waals surface area contributed by atoms with Crippen LogP contribution in [0.25, 0.3) is 0 Å². The Hall–Kier alpha value is -1.15. The molecule has 2 saturated heterocycles. The monoisotopic (exact) mass is 441 g/mol. The number of carbonyl (C=O) groups is 2. The number of piperidine rings is 1. The highest BCUT2D eigenvalue weighted by Gasteiger charge is 2.42. The summed E-state index contributed by atoms with van der Waals surface area (Å²) in [5.74, 6) is 0.491. The molecule has 3 aliphatic heterocycles. The van der Waals surface area contributed by atoms with Crippen LogP contribution in [0.4, 0.5) is 0 Å². The Bertz CT molecular complexity index is 760. The highest BCUT2D eigenvalue weighted by molar-refractivity contribution is 7.14. The van der Waals surface area contributed by atoms with Crippen molar-refractivity contribution >= 4 is 35.6 Å². The highest BCUT2D eigenvalue weighted by atomic mass is 35.5. The summed E-state index contributed by atoms with van der Waals surface area (Å²) in [7, 11) is 0. The van der Waals surface area contributed by atoms with Crippen LogP contribution < -0.4 is 5.32 Å². The molecule has 162 valence electrons. The van der Waals surface area contributed by atoms with Crippen molar-refractivity contribution in [1.29, 1.82) is 0 Å². The largest absolute Gasteiger partial charge is 0.370 e. The molecule has 1 atom stereocenters. The van der Waals surface area contributed by atoms with E-state index < -0.39 is 6.04 Å². The Morgan fingerprint density at radius 3 is 2.76 bits per heavy atom. The number of halogens is 1. The third-order valence-corrected chi connectivity index (χ3v) is 7.41. The SMILES string of the molecule is CC(C)CN1CCN(C(=O)c2cc3c(s2)CCOC32CCNCC2)C(C)C1=O.Cl. The third-order valence-electron chi connectivity index (χ3n) is 6.22. The maximum Gasteiger partial charge on any atom is 0.264 e. The van der Waals surface area contributed by atoms with Gasteiger partial charge in [0.25, 0.3) is 5.91 Å². The quantitative estimate of drug-likeness (QED) is 0.783. The number of ether oxygens (including phenoxy) is 1. The van der Waals surface area contributed by atoms with Gasteiger partial charge in [0.15, 0.2) is 0 Å². The van der Waals surface area contributed by atoms with Crippen LogP contribution in [0.3, 0.4) is 0 Å². The van der Waals surface area contributed by atoms with Crippen molar-refractivity contribution < 1.29 is 14.3 Å². The molecule has 3 aliphatic rings. The fraction of sp³-hybridized carbons (Fsp3) is 0.714. The van der Waals surface area contributed by atoms with Gasteiger partial charge in [-0.05, 0) is 50.4 Å². The van der Waals surface area contributed by atoms with Crippen LogP contribution in [-0.2, 0) is 21.6 Å². The molecule has 0 saturated carbocycles. The van der Waals surface area contributed by atoms with Crippen LogP contribution in [0.5, 0.6) is 0 Å². The number of thiophene rings is 1. The number of hydrogen-bond acceptors (Lipinski definition) is 5. The molecule has 29 heavy (non-hydrogen) atoms. The van der Waals surface area contributed by atoms with Gasteiger partial charge in [0.2, 0.25) is 5.91 Å². The van der Waals surface area contributed by atoms with Crippen LogP contribution in [-0.4, -0.2) is 67.0 Å². The second-order valence-corrected chi connectivity index (χ2v) is 9.78. The second kappa shape index (κ2) is 8.92. The lowest BCUT2D eigenvalue weighted by molar-refractivity contribution is -0.140. The van der Waals surface area contributed by atoms with Gasteiger partial charge in [0.1, 0.15) is 6.04 Å². The number of fused-ring (bicyclic) bond motifs is 2. The molecular weight excluding hydrogens is 410 g/mol. The van der Waals surface area contributed by atoms with Gasteiger partial charge in [0, 0.05) is 30.9 Å². The van der Waals surface area contributed by atoms with Gasteiger partial charge in [-0.3, -0.25) is 9.59 Å². The summed E-state index contributed by atoms with van der Waals surface area (Å²) in [6.07, 6.45) is 2.78. The van der Waals surface area contributed by atoms with E-state index in [0.29, 0.717) is 19.0 Å². The van der Waals surface area contributed by atoms with Gasteiger partial charge in [-0.15, -0.1) is 23.7 Å². The van der Waals surface area contributed by atoms with Crippen molar-refractivity contribution in [2.24, 2.45) is 5.92 Å². The van der Waals surface area contributed by atoms with E-state index in [9.17, 15) is 9.59 Å².